The summed E-state index contributed by atoms with van der Waals surface area (Å²) >= 11 is 1.86. The van der Waals surface area contributed by atoms with Crippen LogP contribution in [-0.2, 0) is 25.7 Å². The normalized spacial score (nSPS) is 10.5. The molecule has 0 fully saturated rings. The SMILES string of the molecule is CC(=O)OCC(=O)NCc1cc(C(=O)NOCCO)c(Nc2ccc(I)cc2F)c(F)c1F. The number of anilines is 2. The third kappa shape index (κ3) is 7.57. The molecule has 2 aromatic carbocycles. The molecule has 0 aliphatic heterocycles. The van der Waals surface area contributed by atoms with Crippen molar-refractivity contribution in [2.75, 3.05) is 25.1 Å². The standard InChI is InChI=1S/C20H19F3IN3O6/c1-10(29)32-9-16(30)25-8-11-6-13(20(31)27-33-5-4-28)19(18(23)17(11)22)26-15-3-2-12(24)7-14(15)21/h2-3,6-7,26,28H,4-5,8-9H2,1H3,(H,25,30)(H,27,31). The molecule has 0 saturated heterocycles. The Morgan fingerprint density at radius 1 is 1.12 bits per heavy atom. The molecule has 2 amide bonds. The largest absolute Gasteiger partial charge is 0.456 e. The highest BCUT2D eigenvalue weighted by molar-refractivity contribution is 14.1. The second-order valence-electron chi connectivity index (χ2n) is 6.40. The Labute approximate surface area is 199 Å². The molecule has 0 saturated carbocycles. The fourth-order valence-electron chi connectivity index (χ4n) is 2.46. The van der Waals surface area contributed by atoms with Gasteiger partial charge in [-0.1, -0.05) is 0 Å². The summed E-state index contributed by atoms with van der Waals surface area (Å²) < 4.78 is 48.9. The number of aliphatic hydroxyl groups is 1. The van der Waals surface area contributed by atoms with Crippen molar-refractivity contribution >= 4 is 51.7 Å². The summed E-state index contributed by atoms with van der Waals surface area (Å²) in [6, 6.07) is 4.88. The molecule has 0 spiro atoms. The maximum Gasteiger partial charge on any atom is 0.303 e. The molecule has 9 nitrogen and oxygen atoms in total. The lowest BCUT2D eigenvalue weighted by molar-refractivity contribution is -0.146. The summed E-state index contributed by atoms with van der Waals surface area (Å²) in [5, 5.41) is 13.4. The molecule has 0 aliphatic carbocycles. The molecular weight excluding hydrogens is 562 g/mol. The Morgan fingerprint density at radius 3 is 2.48 bits per heavy atom. The van der Waals surface area contributed by atoms with Gasteiger partial charge in [-0.25, -0.2) is 18.7 Å². The second kappa shape index (κ2) is 12.4. The second-order valence-corrected chi connectivity index (χ2v) is 7.64. The van der Waals surface area contributed by atoms with E-state index < -0.39 is 71.8 Å². The summed E-state index contributed by atoms with van der Waals surface area (Å²) in [5.74, 6) is -6.20. The highest BCUT2D eigenvalue weighted by Gasteiger charge is 2.24. The number of hydrogen-bond acceptors (Lipinski definition) is 7. The number of amides is 2. The Balaban J connectivity index is 2.38. The van der Waals surface area contributed by atoms with Crippen LogP contribution in [0.2, 0.25) is 0 Å². The summed E-state index contributed by atoms with van der Waals surface area (Å²) in [6.45, 7) is -0.778. The van der Waals surface area contributed by atoms with Gasteiger partial charge in [-0.05, 0) is 46.9 Å². The van der Waals surface area contributed by atoms with Crippen LogP contribution in [0, 0.1) is 21.0 Å². The van der Waals surface area contributed by atoms with Gasteiger partial charge in [0.2, 0.25) is 0 Å². The average Bonchev–Trinajstić information content (AvgIpc) is 2.76. The van der Waals surface area contributed by atoms with Gasteiger partial charge in [0.25, 0.3) is 11.8 Å². The number of esters is 1. The maximum atomic E-state index is 14.9. The predicted octanol–water partition coefficient (Wildman–Crippen LogP) is 2.29. The van der Waals surface area contributed by atoms with Gasteiger partial charge in [-0.15, -0.1) is 0 Å². The smallest absolute Gasteiger partial charge is 0.303 e. The molecule has 0 aromatic heterocycles. The number of hydrogen-bond donors (Lipinski definition) is 4. The van der Waals surface area contributed by atoms with Gasteiger partial charge in [-0.3, -0.25) is 19.2 Å². The first-order valence-electron chi connectivity index (χ1n) is 9.30. The fourth-order valence-corrected chi connectivity index (χ4v) is 2.92. The van der Waals surface area contributed by atoms with Crippen molar-refractivity contribution in [3.8, 4) is 0 Å². The van der Waals surface area contributed by atoms with Crippen molar-refractivity contribution in [1.29, 1.82) is 0 Å². The molecule has 0 atom stereocenters. The van der Waals surface area contributed by atoms with Crippen molar-refractivity contribution in [2.24, 2.45) is 0 Å². The van der Waals surface area contributed by atoms with E-state index in [2.05, 4.69) is 15.4 Å². The predicted molar refractivity (Wildman–Crippen MR) is 118 cm³/mol. The number of ether oxygens (including phenoxy) is 1. The van der Waals surface area contributed by atoms with E-state index in [9.17, 15) is 27.6 Å². The van der Waals surface area contributed by atoms with E-state index >= 15 is 0 Å². The Hall–Kier alpha value is -2.91. The van der Waals surface area contributed by atoms with Crippen LogP contribution in [0.15, 0.2) is 24.3 Å². The summed E-state index contributed by atoms with van der Waals surface area (Å²) in [5.41, 5.74) is 0.183. The fraction of sp³-hybridized carbons (Fsp3) is 0.250. The number of aliphatic hydroxyl groups excluding tert-OH is 1. The number of benzene rings is 2. The van der Waals surface area contributed by atoms with Crippen LogP contribution in [-0.4, -0.2) is 42.7 Å². The molecule has 13 heteroatoms. The molecule has 0 unspecified atom stereocenters. The average molecular weight is 581 g/mol. The zero-order valence-corrected chi connectivity index (χ0v) is 19.3. The van der Waals surface area contributed by atoms with E-state index in [1.807, 2.05) is 28.1 Å². The van der Waals surface area contributed by atoms with Gasteiger partial charge in [-0.2, -0.15) is 0 Å². The number of halogens is 4. The van der Waals surface area contributed by atoms with Crippen LogP contribution in [0.25, 0.3) is 0 Å². The Kier molecular flexibility index (Phi) is 9.87. The summed E-state index contributed by atoms with van der Waals surface area (Å²) in [4.78, 5) is 39.7. The van der Waals surface area contributed by atoms with E-state index in [0.29, 0.717) is 3.57 Å². The van der Waals surface area contributed by atoms with Crippen LogP contribution in [0.5, 0.6) is 0 Å². The molecule has 2 aromatic rings. The van der Waals surface area contributed by atoms with E-state index in [0.717, 1.165) is 19.1 Å². The van der Waals surface area contributed by atoms with Crippen molar-refractivity contribution in [2.45, 2.75) is 13.5 Å². The van der Waals surface area contributed by atoms with Crippen molar-refractivity contribution < 1.29 is 42.2 Å². The third-order valence-electron chi connectivity index (χ3n) is 3.96. The molecular formula is C20H19F3IN3O6. The molecule has 2 rings (SSSR count). The highest BCUT2D eigenvalue weighted by atomic mass is 127. The van der Waals surface area contributed by atoms with Crippen molar-refractivity contribution in [1.82, 2.24) is 10.8 Å². The molecule has 33 heavy (non-hydrogen) atoms. The number of rotatable bonds is 10. The van der Waals surface area contributed by atoms with Gasteiger partial charge in [0.1, 0.15) is 5.82 Å². The van der Waals surface area contributed by atoms with Gasteiger partial charge in [0, 0.05) is 22.6 Å². The maximum absolute atomic E-state index is 14.9. The van der Waals surface area contributed by atoms with E-state index in [4.69, 9.17) is 9.94 Å². The lowest BCUT2D eigenvalue weighted by atomic mass is 10.1. The van der Waals surface area contributed by atoms with Crippen LogP contribution in [0.4, 0.5) is 24.5 Å². The zero-order chi connectivity index (χ0) is 24.5. The molecule has 0 heterocycles. The monoisotopic (exact) mass is 581 g/mol. The minimum Gasteiger partial charge on any atom is -0.456 e. The van der Waals surface area contributed by atoms with Gasteiger partial charge in [0.15, 0.2) is 18.2 Å². The summed E-state index contributed by atoms with van der Waals surface area (Å²) in [7, 11) is 0. The lowest BCUT2D eigenvalue weighted by Crippen LogP contribution is -2.29. The van der Waals surface area contributed by atoms with E-state index in [1.54, 1.807) is 0 Å². The third-order valence-corrected chi connectivity index (χ3v) is 4.63. The quantitative estimate of drug-likeness (QED) is 0.147. The van der Waals surface area contributed by atoms with Crippen LogP contribution in [0.3, 0.4) is 0 Å². The van der Waals surface area contributed by atoms with Crippen LogP contribution < -0.4 is 16.1 Å². The van der Waals surface area contributed by atoms with Gasteiger partial charge >= 0.3 is 5.97 Å². The number of carbonyl (C=O) groups excluding carboxylic acids is 3. The molecule has 0 aliphatic rings. The Bertz CT molecular complexity index is 1050. The molecule has 0 bridgehead atoms. The summed E-state index contributed by atoms with van der Waals surface area (Å²) in [6.07, 6.45) is 0. The molecule has 178 valence electrons. The van der Waals surface area contributed by atoms with Gasteiger partial charge in [0.05, 0.1) is 30.2 Å². The first kappa shape index (κ1) is 26.3. The number of hydroxylamine groups is 1. The lowest BCUT2D eigenvalue weighted by Gasteiger charge is -2.17. The van der Waals surface area contributed by atoms with Crippen molar-refractivity contribution in [3.63, 3.8) is 0 Å². The van der Waals surface area contributed by atoms with E-state index in [1.165, 1.54) is 12.1 Å². The first-order chi connectivity index (χ1) is 15.6. The highest BCUT2D eigenvalue weighted by Crippen LogP contribution is 2.30. The molecule has 0 radical (unpaired) electrons. The Morgan fingerprint density at radius 2 is 1.85 bits per heavy atom. The van der Waals surface area contributed by atoms with Crippen LogP contribution in [0.1, 0.15) is 22.8 Å². The number of nitrogens with one attached hydrogen (secondary N) is 3. The van der Waals surface area contributed by atoms with E-state index in [-0.39, 0.29) is 12.3 Å². The van der Waals surface area contributed by atoms with Crippen LogP contribution >= 0.6 is 22.6 Å². The first-order valence-corrected chi connectivity index (χ1v) is 10.4. The van der Waals surface area contributed by atoms with Gasteiger partial charge < -0.3 is 20.5 Å². The minimum absolute atomic E-state index is 0.221. The topological polar surface area (TPSA) is 126 Å². The molecule has 4 N–H and O–H groups in total. The number of carbonyl (C=O) groups is 3. The van der Waals surface area contributed by atoms with Crippen molar-refractivity contribution in [3.05, 3.63) is 56.4 Å². The minimum atomic E-state index is -1.51. The zero-order valence-electron chi connectivity index (χ0n) is 17.1.